The van der Waals surface area contributed by atoms with Crippen molar-refractivity contribution >= 4 is 17.4 Å². The lowest BCUT2D eigenvalue weighted by molar-refractivity contribution is 0.0869. The Morgan fingerprint density at radius 1 is 1.24 bits per heavy atom. The van der Waals surface area contributed by atoms with Gasteiger partial charge in [0.15, 0.2) is 5.65 Å². The van der Waals surface area contributed by atoms with Gasteiger partial charge in [-0.15, -0.1) is 0 Å². The SMILES string of the molecule is CCc1ncc(F)cc1[C@H]1CCCN1c1ccn2ncc(C(=O)NC3CCC(O)CC3)c2n1. The van der Waals surface area contributed by atoms with Crippen molar-refractivity contribution in [1.82, 2.24) is 24.9 Å². The maximum absolute atomic E-state index is 14.0. The summed E-state index contributed by atoms with van der Waals surface area (Å²) in [7, 11) is 0. The molecule has 3 aromatic rings. The normalized spacial score (nSPS) is 23.2. The molecule has 0 radical (unpaired) electrons. The number of fused-ring (bicyclic) bond motifs is 1. The second kappa shape index (κ2) is 9.05. The highest BCUT2D eigenvalue weighted by Gasteiger charge is 2.30. The number of aliphatic hydroxyl groups excluding tert-OH is 1. The van der Waals surface area contributed by atoms with Crippen LogP contribution in [0.2, 0.25) is 0 Å². The van der Waals surface area contributed by atoms with Crippen molar-refractivity contribution in [2.75, 3.05) is 11.4 Å². The summed E-state index contributed by atoms with van der Waals surface area (Å²) in [5.41, 5.74) is 2.74. The van der Waals surface area contributed by atoms with E-state index >= 15 is 0 Å². The number of nitrogens with zero attached hydrogens (tertiary/aromatic N) is 5. The van der Waals surface area contributed by atoms with Gasteiger partial charge in [0.25, 0.3) is 5.91 Å². The molecule has 9 heteroatoms. The van der Waals surface area contributed by atoms with Crippen LogP contribution in [0.3, 0.4) is 0 Å². The highest BCUT2D eigenvalue weighted by molar-refractivity contribution is 5.99. The number of aromatic nitrogens is 4. The molecule has 1 amide bonds. The average Bonchev–Trinajstić information content (AvgIpc) is 3.47. The number of hydrogen-bond donors (Lipinski definition) is 2. The van der Waals surface area contributed by atoms with Gasteiger partial charge in [0.1, 0.15) is 17.2 Å². The molecule has 1 saturated heterocycles. The Labute approximate surface area is 191 Å². The molecule has 2 fully saturated rings. The van der Waals surface area contributed by atoms with Crippen LogP contribution in [-0.4, -0.2) is 49.3 Å². The predicted octanol–water partition coefficient (Wildman–Crippen LogP) is 3.20. The van der Waals surface area contributed by atoms with E-state index in [2.05, 4.69) is 20.3 Å². The Balaban J connectivity index is 1.42. The van der Waals surface area contributed by atoms with Gasteiger partial charge in [-0.25, -0.2) is 13.9 Å². The van der Waals surface area contributed by atoms with Crippen LogP contribution in [0.4, 0.5) is 10.2 Å². The Hall–Kier alpha value is -3.07. The van der Waals surface area contributed by atoms with E-state index < -0.39 is 0 Å². The third-order valence-electron chi connectivity index (χ3n) is 6.84. The van der Waals surface area contributed by atoms with Crippen molar-refractivity contribution in [2.24, 2.45) is 0 Å². The Kier molecular flexibility index (Phi) is 5.97. The van der Waals surface area contributed by atoms with Crippen LogP contribution < -0.4 is 10.2 Å². The van der Waals surface area contributed by atoms with Crippen LogP contribution in [0.1, 0.15) is 73.1 Å². The van der Waals surface area contributed by atoms with E-state index in [1.165, 1.54) is 6.20 Å². The molecular weight excluding hydrogens is 423 g/mol. The van der Waals surface area contributed by atoms with Gasteiger partial charge in [-0.3, -0.25) is 9.78 Å². The van der Waals surface area contributed by atoms with Gasteiger partial charge < -0.3 is 15.3 Å². The molecule has 3 aromatic heterocycles. The molecule has 1 aliphatic heterocycles. The summed E-state index contributed by atoms with van der Waals surface area (Å²) in [4.78, 5) is 24.3. The lowest BCUT2D eigenvalue weighted by Crippen LogP contribution is -2.38. The van der Waals surface area contributed by atoms with Gasteiger partial charge in [0.2, 0.25) is 0 Å². The molecule has 0 unspecified atom stereocenters. The molecule has 1 aliphatic carbocycles. The molecule has 4 heterocycles. The van der Waals surface area contributed by atoms with Crippen LogP contribution in [0.15, 0.2) is 30.7 Å². The van der Waals surface area contributed by atoms with Crippen molar-refractivity contribution in [1.29, 1.82) is 0 Å². The number of rotatable bonds is 5. The van der Waals surface area contributed by atoms with Crippen molar-refractivity contribution < 1.29 is 14.3 Å². The van der Waals surface area contributed by atoms with E-state index in [9.17, 15) is 14.3 Å². The summed E-state index contributed by atoms with van der Waals surface area (Å²) in [6.45, 7) is 2.82. The first-order chi connectivity index (χ1) is 16.0. The molecule has 33 heavy (non-hydrogen) atoms. The number of nitrogens with one attached hydrogen (secondary N) is 1. The third-order valence-corrected chi connectivity index (χ3v) is 6.84. The second-order valence-electron chi connectivity index (χ2n) is 8.99. The first-order valence-electron chi connectivity index (χ1n) is 11.8. The van der Waals surface area contributed by atoms with Crippen molar-refractivity contribution in [3.05, 3.63) is 53.4 Å². The molecule has 2 aliphatic rings. The van der Waals surface area contributed by atoms with Crippen LogP contribution >= 0.6 is 0 Å². The zero-order valence-electron chi connectivity index (χ0n) is 18.7. The highest BCUT2D eigenvalue weighted by Crippen LogP contribution is 2.37. The van der Waals surface area contributed by atoms with Gasteiger partial charge in [-0.1, -0.05) is 6.92 Å². The number of hydrogen-bond acceptors (Lipinski definition) is 6. The first-order valence-corrected chi connectivity index (χ1v) is 11.8. The Morgan fingerprint density at radius 2 is 2.06 bits per heavy atom. The average molecular weight is 453 g/mol. The lowest BCUT2D eigenvalue weighted by Gasteiger charge is -2.27. The molecule has 1 saturated carbocycles. The molecule has 5 rings (SSSR count). The summed E-state index contributed by atoms with van der Waals surface area (Å²) in [5.74, 6) is 0.214. The highest BCUT2D eigenvalue weighted by atomic mass is 19.1. The molecular formula is C24H29FN6O2. The van der Waals surface area contributed by atoms with E-state index in [0.29, 0.717) is 24.1 Å². The number of halogens is 1. The van der Waals surface area contributed by atoms with E-state index in [0.717, 1.165) is 55.7 Å². The summed E-state index contributed by atoms with van der Waals surface area (Å²) in [5, 5.41) is 17.1. The molecule has 8 nitrogen and oxygen atoms in total. The van der Waals surface area contributed by atoms with E-state index in [1.807, 2.05) is 19.2 Å². The third kappa shape index (κ3) is 4.29. The number of pyridine rings is 1. The molecule has 0 aromatic carbocycles. The number of aryl methyl sites for hydroxylation is 1. The van der Waals surface area contributed by atoms with E-state index in [4.69, 9.17) is 4.98 Å². The van der Waals surface area contributed by atoms with Gasteiger partial charge in [-0.2, -0.15) is 5.10 Å². The monoisotopic (exact) mass is 452 g/mol. The largest absolute Gasteiger partial charge is 0.393 e. The minimum atomic E-state index is -0.331. The lowest BCUT2D eigenvalue weighted by atomic mass is 9.93. The molecule has 174 valence electrons. The predicted molar refractivity (Wildman–Crippen MR) is 122 cm³/mol. The number of amides is 1. The van der Waals surface area contributed by atoms with Crippen LogP contribution in [-0.2, 0) is 6.42 Å². The smallest absolute Gasteiger partial charge is 0.256 e. The molecule has 0 spiro atoms. The van der Waals surface area contributed by atoms with Crippen molar-refractivity contribution in [3.63, 3.8) is 0 Å². The summed E-state index contributed by atoms with van der Waals surface area (Å²) in [6, 6.07) is 3.52. The molecule has 2 N–H and O–H groups in total. The van der Waals surface area contributed by atoms with Crippen molar-refractivity contribution in [3.8, 4) is 0 Å². The van der Waals surface area contributed by atoms with Crippen molar-refractivity contribution in [2.45, 2.75) is 70.1 Å². The number of carbonyl (C=O) groups is 1. The zero-order valence-corrected chi connectivity index (χ0v) is 18.7. The van der Waals surface area contributed by atoms with Crippen LogP contribution in [0, 0.1) is 5.82 Å². The van der Waals surface area contributed by atoms with E-state index in [-0.39, 0.29) is 29.9 Å². The fraction of sp³-hybridized carbons (Fsp3) is 0.500. The second-order valence-corrected chi connectivity index (χ2v) is 8.99. The fourth-order valence-electron chi connectivity index (χ4n) is 5.09. The minimum Gasteiger partial charge on any atom is -0.393 e. The topological polar surface area (TPSA) is 95.7 Å². The minimum absolute atomic E-state index is 0.00744. The maximum atomic E-state index is 14.0. The quantitative estimate of drug-likeness (QED) is 0.617. The van der Waals surface area contributed by atoms with Crippen LogP contribution in [0.25, 0.3) is 5.65 Å². The standard InChI is InChI=1S/C24H29FN6O2/c1-2-20-18(12-15(25)13-26-20)21-4-3-10-30(21)22-9-11-31-23(29-22)19(14-27-31)24(33)28-16-5-7-17(32)8-6-16/h9,11-14,16-17,21,32H,2-8,10H2,1H3,(H,28,33)/t16?,17?,21-/m1/s1. The Morgan fingerprint density at radius 3 is 2.85 bits per heavy atom. The van der Waals surface area contributed by atoms with Gasteiger partial charge >= 0.3 is 0 Å². The van der Waals surface area contributed by atoms with E-state index in [1.54, 1.807) is 16.8 Å². The Bertz CT molecular complexity index is 1160. The number of aliphatic hydroxyl groups is 1. The maximum Gasteiger partial charge on any atom is 0.256 e. The zero-order chi connectivity index (χ0) is 22.9. The summed E-state index contributed by atoms with van der Waals surface area (Å²) >= 11 is 0. The van der Waals surface area contributed by atoms with Gasteiger partial charge in [-0.05, 0) is 62.6 Å². The number of anilines is 1. The summed E-state index contributed by atoms with van der Waals surface area (Å²) in [6.07, 6.45) is 9.89. The fourth-order valence-corrected chi connectivity index (χ4v) is 5.09. The molecule has 1 atom stereocenters. The van der Waals surface area contributed by atoms with Gasteiger partial charge in [0.05, 0.1) is 24.5 Å². The molecule has 0 bridgehead atoms. The first kappa shape index (κ1) is 21.8. The summed E-state index contributed by atoms with van der Waals surface area (Å²) < 4.78 is 15.6. The van der Waals surface area contributed by atoms with Gasteiger partial charge in [0, 0.05) is 24.5 Å². The number of carbonyl (C=O) groups excluding carboxylic acids is 1. The van der Waals surface area contributed by atoms with Crippen LogP contribution in [0.5, 0.6) is 0 Å².